The maximum atomic E-state index is 3.67. The van der Waals surface area contributed by atoms with Gasteiger partial charge in [-0.2, -0.15) is 0 Å². The van der Waals surface area contributed by atoms with Gasteiger partial charge in [-0.15, -0.1) is 11.8 Å². The second-order valence-corrected chi connectivity index (χ2v) is 6.03. The van der Waals surface area contributed by atoms with Crippen molar-refractivity contribution in [2.24, 2.45) is 0 Å². The van der Waals surface area contributed by atoms with Gasteiger partial charge in [0.2, 0.25) is 0 Å². The monoisotopic (exact) mass is 265 g/mol. The molecule has 0 aromatic heterocycles. The molecule has 0 amide bonds. The van der Waals surface area contributed by atoms with E-state index >= 15 is 0 Å². The summed E-state index contributed by atoms with van der Waals surface area (Å²) >= 11 is 1.80. The molecule has 1 saturated heterocycles. The van der Waals surface area contributed by atoms with E-state index in [0.29, 0.717) is 6.04 Å². The first-order valence-electron chi connectivity index (χ1n) is 7.06. The maximum absolute atomic E-state index is 3.67. The van der Waals surface area contributed by atoms with Gasteiger partial charge in [-0.3, -0.25) is 0 Å². The Kier molecular flexibility index (Phi) is 5.39. The predicted octanol–water partition coefficient (Wildman–Crippen LogP) is 2.28. The van der Waals surface area contributed by atoms with E-state index in [1.807, 2.05) is 0 Å². The molecule has 0 aliphatic carbocycles. The van der Waals surface area contributed by atoms with Gasteiger partial charge in [0.05, 0.1) is 19.6 Å². The van der Waals surface area contributed by atoms with Crippen LogP contribution in [0.5, 0.6) is 0 Å². The van der Waals surface area contributed by atoms with Crippen LogP contribution in [0.1, 0.15) is 26.2 Å². The molecule has 18 heavy (non-hydrogen) atoms. The molecule has 2 N–H and O–H groups in total. The highest BCUT2D eigenvalue weighted by Crippen LogP contribution is 2.19. The summed E-state index contributed by atoms with van der Waals surface area (Å²) in [4.78, 5) is 3.12. The molecule has 1 fully saturated rings. The summed E-state index contributed by atoms with van der Waals surface area (Å²) in [5.41, 5.74) is 1.27. The van der Waals surface area contributed by atoms with Crippen molar-refractivity contribution in [1.82, 2.24) is 0 Å². The molecular weight excluding hydrogens is 240 g/mol. The van der Waals surface area contributed by atoms with E-state index < -0.39 is 0 Å². The standard InChI is InChI=1S/C15H24N2S/c1-3-10-17-11-8-14(9-12-17)16-13-4-6-15(18-2)7-5-13/h4-7,14,16H,3,8-12H2,1-2H3/p+1. The third-order valence-electron chi connectivity index (χ3n) is 3.76. The average molecular weight is 265 g/mol. The van der Waals surface area contributed by atoms with E-state index in [1.54, 1.807) is 16.7 Å². The van der Waals surface area contributed by atoms with Crippen LogP contribution in [0, 0.1) is 0 Å². The number of quaternary nitrogens is 1. The lowest BCUT2D eigenvalue weighted by Crippen LogP contribution is -3.13. The van der Waals surface area contributed by atoms with E-state index in [2.05, 4.69) is 42.8 Å². The van der Waals surface area contributed by atoms with Gasteiger partial charge < -0.3 is 10.2 Å². The van der Waals surface area contributed by atoms with Crippen molar-refractivity contribution >= 4 is 17.4 Å². The molecule has 3 heteroatoms. The van der Waals surface area contributed by atoms with Crippen molar-refractivity contribution in [3.63, 3.8) is 0 Å². The van der Waals surface area contributed by atoms with Gasteiger partial charge in [0, 0.05) is 29.5 Å². The summed E-state index contributed by atoms with van der Waals surface area (Å²) in [5.74, 6) is 0. The van der Waals surface area contributed by atoms with Crippen molar-refractivity contribution in [3.8, 4) is 0 Å². The van der Waals surface area contributed by atoms with Crippen LogP contribution in [0.25, 0.3) is 0 Å². The minimum Gasteiger partial charge on any atom is -0.382 e. The number of piperidine rings is 1. The lowest BCUT2D eigenvalue weighted by atomic mass is 10.0. The van der Waals surface area contributed by atoms with Crippen LogP contribution in [0.4, 0.5) is 5.69 Å². The highest BCUT2D eigenvalue weighted by molar-refractivity contribution is 7.98. The first kappa shape index (κ1) is 13.8. The highest BCUT2D eigenvalue weighted by atomic mass is 32.2. The maximum Gasteiger partial charge on any atom is 0.0790 e. The second-order valence-electron chi connectivity index (χ2n) is 5.15. The molecule has 0 radical (unpaired) electrons. The first-order chi connectivity index (χ1) is 8.81. The topological polar surface area (TPSA) is 16.5 Å². The predicted molar refractivity (Wildman–Crippen MR) is 80.7 cm³/mol. The molecular formula is C15H25N2S+. The minimum absolute atomic E-state index is 0.672. The van der Waals surface area contributed by atoms with E-state index in [1.165, 1.54) is 49.5 Å². The van der Waals surface area contributed by atoms with E-state index in [0.717, 1.165) is 0 Å². The average Bonchev–Trinajstić information content (AvgIpc) is 2.42. The zero-order valence-corrected chi connectivity index (χ0v) is 12.4. The molecule has 1 aliphatic rings. The van der Waals surface area contributed by atoms with Crippen molar-refractivity contribution in [2.45, 2.75) is 37.1 Å². The number of hydrogen-bond donors (Lipinski definition) is 2. The van der Waals surface area contributed by atoms with Gasteiger partial charge in [0.1, 0.15) is 0 Å². The molecule has 0 unspecified atom stereocenters. The molecule has 0 bridgehead atoms. The quantitative estimate of drug-likeness (QED) is 0.795. The Morgan fingerprint density at radius 1 is 1.22 bits per heavy atom. The molecule has 1 aliphatic heterocycles. The van der Waals surface area contributed by atoms with Crippen LogP contribution in [-0.2, 0) is 0 Å². The van der Waals surface area contributed by atoms with Gasteiger partial charge in [0.15, 0.2) is 0 Å². The van der Waals surface area contributed by atoms with Crippen molar-refractivity contribution in [3.05, 3.63) is 24.3 Å². The number of likely N-dealkylation sites (tertiary alicyclic amines) is 1. The lowest BCUT2D eigenvalue weighted by Gasteiger charge is -2.30. The molecule has 2 nitrogen and oxygen atoms in total. The second kappa shape index (κ2) is 7.05. The summed E-state index contributed by atoms with van der Waals surface area (Å²) in [6.07, 6.45) is 6.04. The Balaban J connectivity index is 1.80. The Morgan fingerprint density at radius 2 is 1.89 bits per heavy atom. The van der Waals surface area contributed by atoms with Crippen LogP contribution in [0.15, 0.2) is 29.2 Å². The van der Waals surface area contributed by atoms with Gasteiger partial charge in [-0.25, -0.2) is 0 Å². The summed E-state index contributed by atoms with van der Waals surface area (Å²) < 4.78 is 0. The zero-order valence-electron chi connectivity index (χ0n) is 11.5. The van der Waals surface area contributed by atoms with Crippen molar-refractivity contribution in [2.75, 3.05) is 31.2 Å². The summed E-state index contributed by atoms with van der Waals surface area (Å²) in [6.45, 7) is 6.28. The van der Waals surface area contributed by atoms with E-state index in [-0.39, 0.29) is 0 Å². The Labute approximate surface area is 115 Å². The Hall–Kier alpha value is -0.670. The fraction of sp³-hybridized carbons (Fsp3) is 0.600. The van der Waals surface area contributed by atoms with Crippen LogP contribution in [0.2, 0.25) is 0 Å². The fourth-order valence-corrected chi connectivity index (χ4v) is 3.11. The number of nitrogens with one attached hydrogen (secondary N) is 2. The van der Waals surface area contributed by atoms with Crippen LogP contribution >= 0.6 is 11.8 Å². The molecule has 0 atom stereocenters. The number of anilines is 1. The summed E-state index contributed by atoms with van der Waals surface area (Å²) in [5, 5.41) is 3.67. The third kappa shape index (κ3) is 3.92. The number of benzene rings is 1. The van der Waals surface area contributed by atoms with Crippen LogP contribution in [0.3, 0.4) is 0 Å². The van der Waals surface area contributed by atoms with E-state index in [4.69, 9.17) is 0 Å². The minimum atomic E-state index is 0.672. The third-order valence-corrected chi connectivity index (χ3v) is 4.50. The summed E-state index contributed by atoms with van der Waals surface area (Å²) in [6, 6.07) is 9.48. The number of rotatable bonds is 5. The van der Waals surface area contributed by atoms with Gasteiger partial charge in [0.25, 0.3) is 0 Å². The summed E-state index contributed by atoms with van der Waals surface area (Å²) in [7, 11) is 0. The van der Waals surface area contributed by atoms with Crippen molar-refractivity contribution < 1.29 is 4.90 Å². The van der Waals surface area contributed by atoms with Gasteiger partial charge in [-0.05, 0) is 36.9 Å². The highest BCUT2D eigenvalue weighted by Gasteiger charge is 2.20. The van der Waals surface area contributed by atoms with Crippen LogP contribution in [-0.4, -0.2) is 31.9 Å². The van der Waals surface area contributed by atoms with Crippen molar-refractivity contribution in [1.29, 1.82) is 0 Å². The largest absolute Gasteiger partial charge is 0.382 e. The number of hydrogen-bond acceptors (Lipinski definition) is 2. The van der Waals surface area contributed by atoms with Gasteiger partial charge >= 0.3 is 0 Å². The molecule has 2 rings (SSSR count). The van der Waals surface area contributed by atoms with Gasteiger partial charge in [-0.1, -0.05) is 6.92 Å². The zero-order chi connectivity index (χ0) is 12.8. The molecule has 0 saturated carbocycles. The first-order valence-corrected chi connectivity index (χ1v) is 8.28. The molecule has 1 aromatic carbocycles. The lowest BCUT2D eigenvalue weighted by molar-refractivity contribution is -0.905. The SMILES string of the molecule is CCC[NH+]1CCC(Nc2ccc(SC)cc2)CC1. The van der Waals surface area contributed by atoms with Crippen LogP contribution < -0.4 is 10.2 Å². The molecule has 100 valence electrons. The molecule has 1 aromatic rings. The van der Waals surface area contributed by atoms with E-state index in [9.17, 15) is 0 Å². The number of thioether (sulfide) groups is 1. The smallest absolute Gasteiger partial charge is 0.0790 e. The molecule has 1 heterocycles. The fourth-order valence-electron chi connectivity index (χ4n) is 2.70. The Morgan fingerprint density at radius 3 is 2.44 bits per heavy atom. The Bertz CT molecular complexity index is 342. The normalized spacial score (nSPS) is 23.9. The molecule has 0 spiro atoms.